The number of aromatic nitrogens is 2. The number of nitrogens with two attached hydrogens (primary N) is 1. The molecule has 0 spiro atoms. The summed E-state index contributed by atoms with van der Waals surface area (Å²) in [4.78, 5) is 11.7. The van der Waals surface area contributed by atoms with Crippen LogP contribution in [0.2, 0.25) is 0 Å². The van der Waals surface area contributed by atoms with E-state index < -0.39 is 0 Å². The molecule has 1 unspecified atom stereocenters. The fraction of sp³-hybridized carbons (Fsp3) is 0.600. The summed E-state index contributed by atoms with van der Waals surface area (Å²) in [5.41, 5.74) is 5.95. The molecular formula is C10H16N4O2. The highest BCUT2D eigenvalue weighted by atomic mass is 16.5. The Bertz CT molecular complexity index is 357. The van der Waals surface area contributed by atoms with Crippen molar-refractivity contribution in [1.29, 1.82) is 0 Å². The standard InChI is InChI=1S/C10H16N4O2/c11-9-8(5-13-14-9)10(15)12-4-7-2-1-3-16-6-7/h5,7H,1-4,6H2,(H,12,15)(H3,11,13,14). The van der Waals surface area contributed by atoms with Crippen LogP contribution in [-0.4, -0.2) is 35.9 Å². The van der Waals surface area contributed by atoms with Gasteiger partial charge in [0.1, 0.15) is 11.4 Å². The smallest absolute Gasteiger partial charge is 0.256 e. The molecule has 0 aromatic carbocycles. The summed E-state index contributed by atoms with van der Waals surface area (Å²) in [6.07, 6.45) is 3.59. The number of nitrogens with zero attached hydrogens (tertiary/aromatic N) is 1. The number of ether oxygens (including phenoxy) is 1. The molecule has 2 heterocycles. The molecule has 1 atom stereocenters. The number of carbonyl (C=O) groups is 1. The average Bonchev–Trinajstić information content (AvgIpc) is 2.74. The van der Waals surface area contributed by atoms with Crippen molar-refractivity contribution in [2.75, 3.05) is 25.5 Å². The van der Waals surface area contributed by atoms with Gasteiger partial charge in [-0.15, -0.1) is 0 Å². The Morgan fingerprint density at radius 2 is 2.62 bits per heavy atom. The maximum atomic E-state index is 11.7. The average molecular weight is 224 g/mol. The van der Waals surface area contributed by atoms with E-state index in [0.29, 0.717) is 23.8 Å². The Kier molecular flexibility index (Phi) is 3.40. The number of anilines is 1. The molecule has 1 fully saturated rings. The van der Waals surface area contributed by atoms with Crippen molar-refractivity contribution in [3.63, 3.8) is 0 Å². The van der Waals surface area contributed by atoms with Crippen LogP contribution in [0.4, 0.5) is 5.82 Å². The number of aromatic amines is 1. The summed E-state index contributed by atoms with van der Waals surface area (Å²) in [6.45, 7) is 2.18. The monoisotopic (exact) mass is 224 g/mol. The minimum absolute atomic E-state index is 0.183. The number of H-pyrrole nitrogens is 1. The number of carbonyl (C=O) groups excluding carboxylic acids is 1. The van der Waals surface area contributed by atoms with Crippen LogP contribution in [0.15, 0.2) is 6.20 Å². The molecule has 0 bridgehead atoms. The summed E-state index contributed by atoms with van der Waals surface area (Å²) >= 11 is 0. The third kappa shape index (κ3) is 2.52. The molecule has 0 radical (unpaired) electrons. The SMILES string of the molecule is Nc1[nH]ncc1C(=O)NCC1CCCOC1. The summed E-state index contributed by atoms with van der Waals surface area (Å²) in [6, 6.07) is 0. The lowest BCUT2D eigenvalue weighted by molar-refractivity contribution is 0.0536. The van der Waals surface area contributed by atoms with Gasteiger partial charge >= 0.3 is 0 Å². The van der Waals surface area contributed by atoms with E-state index >= 15 is 0 Å². The Balaban J connectivity index is 1.81. The van der Waals surface area contributed by atoms with Crippen molar-refractivity contribution in [1.82, 2.24) is 15.5 Å². The fourth-order valence-electron chi connectivity index (χ4n) is 1.78. The largest absolute Gasteiger partial charge is 0.383 e. The van der Waals surface area contributed by atoms with Crippen LogP contribution >= 0.6 is 0 Å². The molecule has 6 nitrogen and oxygen atoms in total. The van der Waals surface area contributed by atoms with Gasteiger partial charge in [-0.05, 0) is 18.8 Å². The predicted molar refractivity (Wildman–Crippen MR) is 58.9 cm³/mol. The number of amides is 1. The van der Waals surface area contributed by atoms with Crippen LogP contribution in [0.1, 0.15) is 23.2 Å². The van der Waals surface area contributed by atoms with Gasteiger partial charge in [-0.3, -0.25) is 9.89 Å². The Morgan fingerprint density at radius 3 is 3.25 bits per heavy atom. The Morgan fingerprint density at radius 1 is 1.75 bits per heavy atom. The van der Waals surface area contributed by atoms with Crippen LogP contribution in [0.5, 0.6) is 0 Å². The molecule has 1 aliphatic heterocycles. The zero-order valence-corrected chi connectivity index (χ0v) is 9.03. The zero-order valence-electron chi connectivity index (χ0n) is 9.03. The second-order valence-electron chi connectivity index (χ2n) is 3.99. The van der Waals surface area contributed by atoms with E-state index in [0.717, 1.165) is 26.1 Å². The molecule has 88 valence electrons. The van der Waals surface area contributed by atoms with Gasteiger partial charge in [0.2, 0.25) is 0 Å². The molecule has 0 aliphatic carbocycles. The fourth-order valence-corrected chi connectivity index (χ4v) is 1.78. The molecule has 1 saturated heterocycles. The third-order valence-electron chi connectivity index (χ3n) is 2.72. The minimum Gasteiger partial charge on any atom is -0.383 e. The quantitative estimate of drug-likeness (QED) is 0.681. The second-order valence-corrected chi connectivity index (χ2v) is 3.99. The number of hydrogen-bond donors (Lipinski definition) is 3. The van der Waals surface area contributed by atoms with Crippen molar-refractivity contribution < 1.29 is 9.53 Å². The summed E-state index contributed by atoms with van der Waals surface area (Å²) in [7, 11) is 0. The zero-order chi connectivity index (χ0) is 11.4. The summed E-state index contributed by atoms with van der Waals surface area (Å²) < 4.78 is 5.33. The van der Waals surface area contributed by atoms with Gasteiger partial charge in [0.25, 0.3) is 5.91 Å². The van der Waals surface area contributed by atoms with Crippen LogP contribution in [0, 0.1) is 5.92 Å². The normalized spacial score (nSPS) is 20.6. The van der Waals surface area contributed by atoms with Crippen molar-refractivity contribution >= 4 is 11.7 Å². The highest BCUT2D eigenvalue weighted by molar-refractivity contribution is 5.98. The third-order valence-corrected chi connectivity index (χ3v) is 2.72. The van der Waals surface area contributed by atoms with Crippen LogP contribution in [0.25, 0.3) is 0 Å². The van der Waals surface area contributed by atoms with E-state index in [4.69, 9.17) is 10.5 Å². The number of hydrogen-bond acceptors (Lipinski definition) is 4. The van der Waals surface area contributed by atoms with Gasteiger partial charge in [0, 0.05) is 13.2 Å². The summed E-state index contributed by atoms with van der Waals surface area (Å²) in [5, 5.41) is 9.07. The van der Waals surface area contributed by atoms with Gasteiger partial charge in [-0.1, -0.05) is 0 Å². The minimum atomic E-state index is -0.183. The van der Waals surface area contributed by atoms with E-state index in [2.05, 4.69) is 15.5 Å². The van der Waals surface area contributed by atoms with Crippen molar-refractivity contribution in [3.05, 3.63) is 11.8 Å². The van der Waals surface area contributed by atoms with E-state index in [1.807, 2.05) is 0 Å². The first-order chi connectivity index (χ1) is 7.77. The molecule has 1 aromatic heterocycles. The lowest BCUT2D eigenvalue weighted by Gasteiger charge is -2.22. The first-order valence-electron chi connectivity index (χ1n) is 5.42. The lowest BCUT2D eigenvalue weighted by Crippen LogP contribution is -2.33. The van der Waals surface area contributed by atoms with Crippen molar-refractivity contribution in [3.8, 4) is 0 Å². The highest BCUT2D eigenvalue weighted by Crippen LogP contribution is 2.13. The predicted octanol–water partition coefficient (Wildman–Crippen LogP) is 0.148. The maximum Gasteiger partial charge on any atom is 0.256 e. The van der Waals surface area contributed by atoms with Crippen molar-refractivity contribution in [2.45, 2.75) is 12.8 Å². The van der Waals surface area contributed by atoms with Crippen molar-refractivity contribution in [2.24, 2.45) is 5.92 Å². The molecule has 1 aromatic rings. The molecular weight excluding hydrogens is 208 g/mol. The summed E-state index contributed by atoms with van der Waals surface area (Å²) in [5.74, 6) is 0.528. The maximum absolute atomic E-state index is 11.7. The van der Waals surface area contributed by atoms with Gasteiger partial charge in [-0.2, -0.15) is 5.10 Å². The van der Waals surface area contributed by atoms with Gasteiger partial charge in [0.15, 0.2) is 0 Å². The molecule has 4 N–H and O–H groups in total. The molecule has 1 amide bonds. The first-order valence-corrected chi connectivity index (χ1v) is 5.42. The van der Waals surface area contributed by atoms with E-state index in [1.54, 1.807) is 0 Å². The second kappa shape index (κ2) is 4.98. The topological polar surface area (TPSA) is 93.0 Å². The Labute approximate surface area is 93.5 Å². The molecule has 2 rings (SSSR count). The number of nitrogens with one attached hydrogen (secondary N) is 2. The van der Waals surface area contributed by atoms with E-state index in [9.17, 15) is 4.79 Å². The van der Waals surface area contributed by atoms with E-state index in [1.165, 1.54) is 6.20 Å². The lowest BCUT2D eigenvalue weighted by atomic mass is 10.0. The van der Waals surface area contributed by atoms with E-state index in [-0.39, 0.29) is 5.91 Å². The molecule has 6 heteroatoms. The molecule has 16 heavy (non-hydrogen) atoms. The van der Waals surface area contributed by atoms with Crippen LogP contribution in [0.3, 0.4) is 0 Å². The van der Waals surface area contributed by atoms with Crippen LogP contribution in [-0.2, 0) is 4.74 Å². The molecule has 1 aliphatic rings. The van der Waals surface area contributed by atoms with Gasteiger partial charge < -0.3 is 15.8 Å². The highest BCUT2D eigenvalue weighted by Gasteiger charge is 2.16. The van der Waals surface area contributed by atoms with Gasteiger partial charge in [-0.25, -0.2) is 0 Å². The van der Waals surface area contributed by atoms with Gasteiger partial charge in [0.05, 0.1) is 12.8 Å². The molecule has 0 saturated carbocycles. The number of rotatable bonds is 3. The first kappa shape index (κ1) is 10.9. The number of nitrogen functional groups attached to an aromatic ring is 1. The van der Waals surface area contributed by atoms with Crippen LogP contribution < -0.4 is 11.1 Å². The Hall–Kier alpha value is -1.56.